The van der Waals surface area contributed by atoms with Crippen LogP contribution in [0.2, 0.25) is 0 Å². The molecule has 2 aromatic heterocycles. The summed E-state index contributed by atoms with van der Waals surface area (Å²) in [7, 11) is 0. The fraction of sp³-hybridized carbons (Fsp3) is 0.455. The third-order valence-electron chi connectivity index (χ3n) is 2.46. The first-order chi connectivity index (χ1) is 7.79. The van der Waals surface area contributed by atoms with E-state index in [1.54, 1.807) is 12.4 Å². The number of imidazole rings is 1. The zero-order valence-electron chi connectivity index (χ0n) is 9.63. The second-order valence-corrected chi connectivity index (χ2v) is 3.55. The van der Waals surface area contributed by atoms with E-state index in [4.69, 9.17) is 4.74 Å². The topological polar surface area (TPSA) is 44.9 Å². The Balaban J connectivity index is 1.82. The van der Waals surface area contributed by atoms with Crippen LogP contribution in [0.15, 0.2) is 24.8 Å². The number of rotatable bonds is 5. The Kier molecular flexibility index (Phi) is 3.24. The maximum absolute atomic E-state index is 5.58. The molecule has 0 aliphatic heterocycles. The SMILES string of the molecule is CCn1cc(OCCn2ccnc2C)cn1. The largest absolute Gasteiger partial charge is 0.488 e. The molecule has 0 saturated carbocycles. The second kappa shape index (κ2) is 4.83. The molecule has 0 amide bonds. The smallest absolute Gasteiger partial charge is 0.157 e. The summed E-state index contributed by atoms with van der Waals surface area (Å²) >= 11 is 0. The summed E-state index contributed by atoms with van der Waals surface area (Å²) in [5, 5.41) is 4.14. The van der Waals surface area contributed by atoms with Gasteiger partial charge < -0.3 is 9.30 Å². The van der Waals surface area contributed by atoms with Crippen LogP contribution in [0.3, 0.4) is 0 Å². The minimum absolute atomic E-state index is 0.632. The van der Waals surface area contributed by atoms with Gasteiger partial charge in [-0.05, 0) is 13.8 Å². The van der Waals surface area contributed by atoms with E-state index in [9.17, 15) is 0 Å². The molecule has 5 nitrogen and oxygen atoms in total. The van der Waals surface area contributed by atoms with Crippen molar-refractivity contribution in [2.24, 2.45) is 0 Å². The molecule has 0 aliphatic rings. The Morgan fingerprint density at radius 3 is 2.94 bits per heavy atom. The normalized spacial score (nSPS) is 10.6. The third kappa shape index (κ3) is 2.42. The van der Waals surface area contributed by atoms with Crippen LogP contribution in [-0.4, -0.2) is 25.9 Å². The molecule has 0 unspecified atom stereocenters. The summed E-state index contributed by atoms with van der Waals surface area (Å²) in [5.74, 6) is 1.83. The predicted molar refractivity (Wildman–Crippen MR) is 60.4 cm³/mol. The van der Waals surface area contributed by atoms with Crippen molar-refractivity contribution in [1.82, 2.24) is 19.3 Å². The lowest BCUT2D eigenvalue weighted by atomic mass is 10.6. The molecular formula is C11H16N4O. The van der Waals surface area contributed by atoms with Gasteiger partial charge in [-0.1, -0.05) is 0 Å². The van der Waals surface area contributed by atoms with Gasteiger partial charge in [-0.2, -0.15) is 5.10 Å². The highest BCUT2D eigenvalue weighted by Crippen LogP contribution is 2.08. The van der Waals surface area contributed by atoms with Crippen molar-refractivity contribution >= 4 is 0 Å². The van der Waals surface area contributed by atoms with Crippen LogP contribution in [0.1, 0.15) is 12.7 Å². The minimum Gasteiger partial charge on any atom is -0.488 e. The van der Waals surface area contributed by atoms with Crippen LogP contribution < -0.4 is 4.74 Å². The molecule has 0 saturated heterocycles. The summed E-state index contributed by atoms with van der Waals surface area (Å²) in [4.78, 5) is 4.15. The Morgan fingerprint density at radius 2 is 2.31 bits per heavy atom. The van der Waals surface area contributed by atoms with Crippen LogP contribution in [0.4, 0.5) is 0 Å². The monoisotopic (exact) mass is 220 g/mol. The average molecular weight is 220 g/mol. The van der Waals surface area contributed by atoms with Crippen molar-refractivity contribution in [2.75, 3.05) is 6.61 Å². The molecule has 2 rings (SSSR count). The number of nitrogens with zero attached hydrogens (tertiary/aromatic N) is 4. The van der Waals surface area contributed by atoms with Gasteiger partial charge in [0, 0.05) is 18.9 Å². The molecular weight excluding hydrogens is 204 g/mol. The maximum atomic E-state index is 5.58. The third-order valence-corrected chi connectivity index (χ3v) is 2.46. The highest BCUT2D eigenvalue weighted by atomic mass is 16.5. The molecule has 0 fully saturated rings. The van der Waals surface area contributed by atoms with Crippen LogP contribution in [0.25, 0.3) is 0 Å². The summed E-state index contributed by atoms with van der Waals surface area (Å²) in [6, 6.07) is 0. The van der Waals surface area contributed by atoms with Gasteiger partial charge in [0.15, 0.2) is 5.75 Å². The lowest BCUT2D eigenvalue weighted by molar-refractivity contribution is 0.296. The molecule has 5 heteroatoms. The minimum atomic E-state index is 0.632. The second-order valence-electron chi connectivity index (χ2n) is 3.55. The first-order valence-corrected chi connectivity index (χ1v) is 5.42. The van der Waals surface area contributed by atoms with E-state index in [-0.39, 0.29) is 0 Å². The maximum Gasteiger partial charge on any atom is 0.157 e. The molecule has 0 bridgehead atoms. The van der Waals surface area contributed by atoms with Crippen molar-refractivity contribution in [3.63, 3.8) is 0 Å². The van der Waals surface area contributed by atoms with Crippen LogP contribution >= 0.6 is 0 Å². The van der Waals surface area contributed by atoms with E-state index < -0.39 is 0 Å². The van der Waals surface area contributed by atoms with Crippen molar-refractivity contribution in [1.29, 1.82) is 0 Å². The van der Waals surface area contributed by atoms with Gasteiger partial charge in [0.25, 0.3) is 0 Å². The van der Waals surface area contributed by atoms with E-state index in [1.807, 2.05) is 30.9 Å². The summed E-state index contributed by atoms with van der Waals surface area (Å²) in [5.41, 5.74) is 0. The number of aromatic nitrogens is 4. The van der Waals surface area contributed by atoms with Gasteiger partial charge >= 0.3 is 0 Å². The lowest BCUT2D eigenvalue weighted by Gasteiger charge is -2.05. The molecule has 0 atom stereocenters. The van der Waals surface area contributed by atoms with Crippen molar-refractivity contribution in [3.8, 4) is 5.75 Å². The highest BCUT2D eigenvalue weighted by molar-refractivity contribution is 5.11. The number of ether oxygens (including phenoxy) is 1. The first kappa shape index (κ1) is 10.7. The average Bonchev–Trinajstić information content (AvgIpc) is 2.89. The Morgan fingerprint density at radius 1 is 1.44 bits per heavy atom. The quantitative estimate of drug-likeness (QED) is 0.766. The highest BCUT2D eigenvalue weighted by Gasteiger charge is 1.99. The number of hydrogen-bond donors (Lipinski definition) is 0. The van der Waals surface area contributed by atoms with Crippen LogP contribution in [-0.2, 0) is 13.1 Å². The van der Waals surface area contributed by atoms with Gasteiger partial charge in [-0.3, -0.25) is 4.68 Å². The molecule has 0 radical (unpaired) electrons. The molecule has 2 aromatic rings. The summed E-state index contributed by atoms with van der Waals surface area (Å²) in [6.45, 7) is 6.33. The number of hydrogen-bond acceptors (Lipinski definition) is 3. The fourth-order valence-corrected chi connectivity index (χ4v) is 1.49. The molecule has 16 heavy (non-hydrogen) atoms. The fourth-order valence-electron chi connectivity index (χ4n) is 1.49. The summed E-state index contributed by atoms with van der Waals surface area (Å²) < 4.78 is 9.49. The number of aryl methyl sites for hydroxylation is 2. The Hall–Kier alpha value is -1.78. The summed E-state index contributed by atoms with van der Waals surface area (Å²) in [6.07, 6.45) is 7.39. The van der Waals surface area contributed by atoms with Gasteiger partial charge in [-0.25, -0.2) is 4.98 Å². The van der Waals surface area contributed by atoms with E-state index in [0.717, 1.165) is 24.7 Å². The molecule has 0 aromatic carbocycles. The Labute approximate surface area is 94.7 Å². The van der Waals surface area contributed by atoms with Crippen LogP contribution in [0.5, 0.6) is 5.75 Å². The molecule has 2 heterocycles. The molecule has 0 N–H and O–H groups in total. The molecule has 0 aliphatic carbocycles. The predicted octanol–water partition coefficient (Wildman–Crippen LogP) is 1.49. The first-order valence-electron chi connectivity index (χ1n) is 5.42. The Bertz CT molecular complexity index is 446. The molecule has 86 valence electrons. The van der Waals surface area contributed by atoms with Crippen molar-refractivity contribution in [2.45, 2.75) is 26.9 Å². The van der Waals surface area contributed by atoms with Crippen LogP contribution in [0, 0.1) is 6.92 Å². The van der Waals surface area contributed by atoms with Gasteiger partial charge in [0.2, 0.25) is 0 Å². The standard InChI is InChI=1S/C11H16N4O/c1-3-15-9-11(8-13-15)16-7-6-14-5-4-12-10(14)2/h4-5,8-9H,3,6-7H2,1-2H3. The van der Waals surface area contributed by atoms with Gasteiger partial charge in [0.1, 0.15) is 12.4 Å². The zero-order valence-corrected chi connectivity index (χ0v) is 9.63. The van der Waals surface area contributed by atoms with E-state index in [0.29, 0.717) is 6.61 Å². The lowest BCUT2D eigenvalue weighted by Crippen LogP contribution is -2.08. The van der Waals surface area contributed by atoms with Crippen molar-refractivity contribution < 1.29 is 4.74 Å². The van der Waals surface area contributed by atoms with Crippen molar-refractivity contribution in [3.05, 3.63) is 30.6 Å². The van der Waals surface area contributed by atoms with E-state index >= 15 is 0 Å². The van der Waals surface area contributed by atoms with E-state index in [2.05, 4.69) is 14.6 Å². The van der Waals surface area contributed by atoms with Gasteiger partial charge in [0.05, 0.1) is 18.9 Å². The van der Waals surface area contributed by atoms with E-state index in [1.165, 1.54) is 0 Å². The zero-order chi connectivity index (χ0) is 11.4. The molecule has 0 spiro atoms. The van der Waals surface area contributed by atoms with Gasteiger partial charge in [-0.15, -0.1) is 0 Å².